The van der Waals surface area contributed by atoms with Crippen molar-refractivity contribution in [3.63, 3.8) is 0 Å². The molecule has 7 nitrogen and oxygen atoms in total. The van der Waals surface area contributed by atoms with Crippen LogP contribution < -0.4 is 10.1 Å². The van der Waals surface area contributed by atoms with Gasteiger partial charge in [0.25, 0.3) is 5.91 Å². The topological polar surface area (TPSA) is 76.5 Å². The van der Waals surface area contributed by atoms with Crippen molar-refractivity contribution in [2.45, 2.75) is 58.3 Å². The summed E-state index contributed by atoms with van der Waals surface area (Å²) in [5.41, 5.74) is 1.79. The molecule has 1 aromatic heterocycles. The number of fused-ring (bicyclic) bond motifs is 1. The Morgan fingerprint density at radius 2 is 1.79 bits per heavy atom. The summed E-state index contributed by atoms with van der Waals surface area (Å²) < 4.78 is 7.20. The first-order chi connectivity index (χ1) is 16.1. The molecule has 1 aliphatic rings. The number of benzene rings is 2. The smallest absolute Gasteiger partial charge is 0.273 e. The average Bonchev–Trinajstić information content (AvgIpc) is 3.25. The summed E-state index contributed by atoms with van der Waals surface area (Å²) in [6, 6.07) is 19.1. The molecular weight excluding hydrogens is 428 g/mol. The van der Waals surface area contributed by atoms with E-state index in [1.54, 1.807) is 16.7 Å². The molecule has 2 amide bonds. The van der Waals surface area contributed by atoms with Gasteiger partial charge in [-0.3, -0.25) is 14.3 Å². The first-order valence-electron chi connectivity index (χ1n) is 11.5. The minimum atomic E-state index is -1.14. The van der Waals surface area contributed by atoms with Gasteiger partial charge >= 0.3 is 0 Å². The number of aromatic nitrogens is 2. The Morgan fingerprint density at radius 1 is 1.12 bits per heavy atom. The zero-order chi connectivity index (χ0) is 24.5. The fourth-order valence-corrected chi connectivity index (χ4v) is 4.23. The molecule has 0 saturated heterocycles. The Kier molecular flexibility index (Phi) is 6.21. The molecule has 1 atom stereocenters. The zero-order valence-electron chi connectivity index (χ0n) is 20.5. The summed E-state index contributed by atoms with van der Waals surface area (Å²) in [4.78, 5) is 29.1. The molecule has 0 radical (unpaired) electrons. The molecule has 1 N–H and O–H groups in total. The number of rotatable bonds is 6. The van der Waals surface area contributed by atoms with Crippen molar-refractivity contribution in [3.05, 3.63) is 83.2 Å². The van der Waals surface area contributed by atoms with Crippen molar-refractivity contribution < 1.29 is 14.3 Å². The second-order valence-electron chi connectivity index (χ2n) is 9.97. The third kappa shape index (κ3) is 4.42. The highest BCUT2D eigenvalue weighted by Crippen LogP contribution is 2.33. The van der Waals surface area contributed by atoms with Crippen molar-refractivity contribution in [3.8, 4) is 5.75 Å². The lowest BCUT2D eigenvalue weighted by molar-refractivity contribution is -0.133. The van der Waals surface area contributed by atoms with Crippen LogP contribution in [0.25, 0.3) is 0 Å². The Labute approximate surface area is 200 Å². The summed E-state index contributed by atoms with van der Waals surface area (Å²) in [7, 11) is 1.60. The van der Waals surface area contributed by atoms with E-state index in [0.717, 1.165) is 16.8 Å². The molecule has 0 spiro atoms. The zero-order valence-corrected chi connectivity index (χ0v) is 20.5. The van der Waals surface area contributed by atoms with Crippen LogP contribution in [0.3, 0.4) is 0 Å². The van der Waals surface area contributed by atoms with Crippen molar-refractivity contribution in [1.29, 1.82) is 0 Å². The minimum Gasteiger partial charge on any atom is -0.496 e. The second-order valence-corrected chi connectivity index (χ2v) is 9.97. The number of methoxy groups -OCH3 is 1. The van der Waals surface area contributed by atoms with E-state index in [2.05, 4.69) is 26.1 Å². The molecule has 0 aliphatic carbocycles. The van der Waals surface area contributed by atoms with E-state index in [1.165, 1.54) is 0 Å². The summed E-state index contributed by atoms with van der Waals surface area (Å²) in [5.74, 6) is 0.229. The van der Waals surface area contributed by atoms with Crippen molar-refractivity contribution >= 4 is 11.8 Å². The van der Waals surface area contributed by atoms with Crippen LogP contribution >= 0.6 is 0 Å². The number of hydrogen-bond donors (Lipinski definition) is 1. The number of para-hydroxylation sites is 1. The first-order valence-corrected chi connectivity index (χ1v) is 11.5. The highest BCUT2D eigenvalue weighted by molar-refractivity contribution is 5.99. The van der Waals surface area contributed by atoms with Gasteiger partial charge in [-0.1, -0.05) is 69.3 Å². The van der Waals surface area contributed by atoms with Crippen LogP contribution in [0.15, 0.2) is 60.7 Å². The van der Waals surface area contributed by atoms with Crippen molar-refractivity contribution in [2.75, 3.05) is 7.11 Å². The second kappa shape index (κ2) is 8.97. The standard InChI is InChI=1S/C27H32N4O3/c1-26(2,3)23-15-21-24(32)30(17-20-13-9-10-14-22(20)34-5)27(4,18-31(21)29-23)25(33)28-16-19-11-7-6-8-12-19/h6-15H,16-18H2,1-5H3,(H,28,33)/t27-/m0/s1. The molecule has 0 unspecified atom stereocenters. The number of nitrogens with one attached hydrogen (secondary N) is 1. The minimum absolute atomic E-state index is 0.218. The van der Waals surface area contributed by atoms with E-state index in [4.69, 9.17) is 9.84 Å². The number of amides is 2. The van der Waals surface area contributed by atoms with Gasteiger partial charge in [0.15, 0.2) is 0 Å². The summed E-state index contributed by atoms with van der Waals surface area (Å²) in [5, 5.41) is 7.75. The van der Waals surface area contributed by atoms with Gasteiger partial charge < -0.3 is 15.0 Å². The highest BCUT2D eigenvalue weighted by atomic mass is 16.5. The molecule has 3 aromatic rings. The predicted octanol–water partition coefficient (Wildman–Crippen LogP) is 3.92. The lowest BCUT2D eigenvalue weighted by Crippen LogP contribution is -2.63. The quantitative estimate of drug-likeness (QED) is 0.605. The Bertz CT molecular complexity index is 1200. The van der Waals surface area contributed by atoms with Gasteiger partial charge in [-0.2, -0.15) is 5.10 Å². The van der Waals surface area contributed by atoms with Crippen LogP contribution in [0.2, 0.25) is 0 Å². The molecule has 0 saturated carbocycles. The largest absolute Gasteiger partial charge is 0.496 e. The SMILES string of the molecule is COc1ccccc1CN1C(=O)c2cc(C(C)(C)C)nn2C[C@@]1(C)C(=O)NCc1ccccc1. The van der Waals surface area contributed by atoms with Crippen LogP contribution in [0.5, 0.6) is 5.75 Å². The van der Waals surface area contributed by atoms with Crippen LogP contribution in [0.1, 0.15) is 55.0 Å². The van der Waals surface area contributed by atoms with Gasteiger partial charge in [-0.25, -0.2) is 0 Å². The Hall–Kier alpha value is -3.61. The molecule has 178 valence electrons. The maximum absolute atomic E-state index is 13.8. The monoisotopic (exact) mass is 460 g/mol. The number of ether oxygens (including phenoxy) is 1. The Morgan fingerprint density at radius 3 is 2.47 bits per heavy atom. The molecule has 34 heavy (non-hydrogen) atoms. The fraction of sp³-hybridized carbons (Fsp3) is 0.370. The maximum Gasteiger partial charge on any atom is 0.273 e. The molecule has 7 heteroatoms. The Balaban J connectivity index is 1.71. The number of hydrogen-bond acceptors (Lipinski definition) is 4. The molecule has 2 aromatic carbocycles. The molecule has 0 bridgehead atoms. The van der Waals surface area contributed by atoms with E-state index in [1.807, 2.05) is 67.6 Å². The van der Waals surface area contributed by atoms with Gasteiger partial charge in [0.2, 0.25) is 5.91 Å². The van der Waals surface area contributed by atoms with E-state index in [-0.39, 0.29) is 30.3 Å². The van der Waals surface area contributed by atoms with Crippen LogP contribution in [-0.4, -0.2) is 39.1 Å². The van der Waals surface area contributed by atoms with Crippen LogP contribution in [0, 0.1) is 0 Å². The third-order valence-electron chi connectivity index (χ3n) is 6.37. The van der Waals surface area contributed by atoms with Gasteiger partial charge in [0.05, 0.1) is 25.9 Å². The van der Waals surface area contributed by atoms with E-state index < -0.39 is 5.54 Å². The molecule has 4 rings (SSSR count). The summed E-state index contributed by atoms with van der Waals surface area (Å²) >= 11 is 0. The normalized spacial score (nSPS) is 17.9. The van der Waals surface area contributed by atoms with Crippen molar-refractivity contribution in [2.24, 2.45) is 0 Å². The highest BCUT2D eigenvalue weighted by Gasteiger charge is 2.48. The van der Waals surface area contributed by atoms with Gasteiger partial charge in [-0.15, -0.1) is 0 Å². The lowest BCUT2D eigenvalue weighted by atomic mass is 9.91. The fourth-order valence-electron chi connectivity index (χ4n) is 4.23. The van der Waals surface area contributed by atoms with Crippen molar-refractivity contribution in [1.82, 2.24) is 20.0 Å². The van der Waals surface area contributed by atoms with Gasteiger partial charge in [-0.05, 0) is 24.6 Å². The lowest BCUT2D eigenvalue weighted by Gasteiger charge is -2.43. The molecule has 2 heterocycles. The van der Waals surface area contributed by atoms with Crippen LogP contribution in [-0.2, 0) is 29.8 Å². The number of carbonyl (C=O) groups excluding carboxylic acids is 2. The number of carbonyl (C=O) groups is 2. The summed E-state index contributed by atoms with van der Waals surface area (Å²) in [6.45, 7) is 8.87. The average molecular weight is 461 g/mol. The summed E-state index contributed by atoms with van der Waals surface area (Å²) in [6.07, 6.45) is 0. The maximum atomic E-state index is 13.8. The van der Waals surface area contributed by atoms with E-state index in [9.17, 15) is 9.59 Å². The van der Waals surface area contributed by atoms with E-state index in [0.29, 0.717) is 18.0 Å². The molecule has 0 fully saturated rings. The predicted molar refractivity (Wildman–Crippen MR) is 130 cm³/mol. The first kappa shape index (κ1) is 23.5. The van der Waals surface area contributed by atoms with E-state index >= 15 is 0 Å². The van der Waals surface area contributed by atoms with Gasteiger partial charge in [0.1, 0.15) is 17.0 Å². The van der Waals surface area contributed by atoms with Crippen LogP contribution in [0.4, 0.5) is 0 Å². The third-order valence-corrected chi connectivity index (χ3v) is 6.37. The number of nitrogens with zero attached hydrogens (tertiary/aromatic N) is 3. The van der Waals surface area contributed by atoms with Gasteiger partial charge in [0, 0.05) is 17.5 Å². The molecular formula is C27H32N4O3. The molecule has 1 aliphatic heterocycles.